The van der Waals surface area contributed by atoms with Gasteiger partial charge in [-0.25, -0.2) is 0 Å². The van der Waals surface area contributed by atoms with E-state index in [-0.39, 0.29) is 0 Å². The normalized spacial score (nSPS) is 10.5. The predicted octanol–water partition coefficient (Wildman–Crippen LogP) is 1.72. The lowest BCUT2D eigenvalue weighted by molar-refractivity contribution is -0.387. The first-order chi connectivity index (χ1) is 7.99. The smallest absolute Gasteiger partial charge is 0.305 e. The molecule has 7 heteroatoms. The van der Waals surface area contributed by atoms with Crippen molar-refractivity contribution in [3.63, 3.8) is 0 Å². The van der Waals surface area contributed by atoms with Gasteiger partial charge in [0.2, 0.25) is 5.82 Å². The van der Waals surface area contributed by atoms with E-state index in [1.807, 2.05) is 0 Å². The molecule has 2 N–H and O–H groups in total. The molecular weight excluding hydrogens is 227 g/mol. The molecule has 1 aromatic heterocycles. The fourth-order valence-electron chi connectivity index (χ4n) is 1.43. The van der Waals surface area contributed by atoms with E-state index in [9.17, 15) is 14.5 Å². The third-order valence-electron chi connectivity index (χ3n) is 2.35. The molecule has 88 valence electrons. The molecule has 2 aromatic rings. The summed E-state index contributed by atoms with van der Waals surface area (Å²) in [5.41, 5.74) is 5.94. The molecule has 0 saturated carbocycles. The van der Waals surface area contributed by atoms with Crippen molar-refractivity contribution in [1.29, 1.82) is 0 Å². The second-order valence-electron chi connectivity index (χ2n) is 3.50. The first kappa shape index (κ1) is 11.1. The van der Waals surface area contributed by atoms with Crippen LogP contribution in [0.25, 0.3) is 11.3 Å². The molecule has 0 aliphatic heterocycles. The molecule has 0 radical (unpaired) electrons. The average molecular weight is 236 g/mol. The minimum absolute atomic E-state index is 0.423. The van der Waals surface area contributed by atoms with Gasteiger partial charge in [0.15, 0.2) is 0 Å². The quantitative estimate of drug-likeness (QED) is 0.635. The maximum absolute atomic E-state index is 13.1. The van der Waals surface area contributed by atoms with E-state index in [0.29, 0.717) is 17.1 Å². The topological polar surface area (TPSA) is 87.0 Å². The molecule has 0 saturated heterocycles. The number of hydrogen-bond acceptors (Lipinski definition) is 4. The molecule has 0 aliphatic rings. The van der Waals surface area contributed by atoms with Crippen LogP contribution in [0, 0.1) is 15.9 Å². The molecule has 0 atom stereocenters. The second-order valence-corrected chi connectivity index (χ2v) is 3.50. The molecule has 0 bridgehead atoms. The number of nitrogens with zero attached hydrogens (tertiary/aromatic N) is 3. The van der Waals surface area contributed by atoms with Crippen LogP contribution in [0.15, 0.2) is 24.3 Å². The fraction of sp³-hybridized carbons (Fsp3) is 0.100. The van der Waals surface area contributed by atoms with Crippen LogP contribution in [-0.4, -0.2) is 14.7 Å². The second kappa shape index (κ2) is 3.85. The number of rotatable bonds is 2. The number of aryl methyl sites for hydroxylation is 1. The van der Waals surface area contributed by atoms with Crippen LogP contribution in [0.2, 0.25) is 0 Å². The predicted molar refractivity (Wildman–Crippen MR) is 59.7 cm³/mol. The number of anilines is 1. The Morgan fingerprint density at radius 2 is 2.18 bits per heavy atom. The summed E-state index contributed by atoms with van der Waals surface area (Å²) in [6.07, 6.45) is 0. The van der Waals surface area contributed by atoms with Crippen molar-refractivity contribution in [3.05, 3.63) is 40.2 Å². The van der Waals surface area contributed by atoms with E-state index in [0.717, 1.165) is 12.1 Å². The molecule has 0 amide bonds. The van der Waals surface area contributed by atoms with Gasteiger partial charge in [0, 0.05) is 24.7 Å². The molecule has 1 heterocycles. The highest BCUT2D eigenvalue weighted by Gasteiger charge is 2.16. The van der Waals surface area contributed by atoms with Gasteiger partial charge in [-0.2, -0.15) is 9.49 Å². The van der Waals surface area contributed by atoms with Gasteiger partial charge in [0.1, 0.15) is 5.82 Å². The number of aromatic nitrogens is 2. The first-order valence-corrected chi connectivity index (χ1v) is 4.73. The molecule has 0 spiro atoms. The minimum Gasteiger partial charge on any atom is -0.384 e. The molecule has 2 rings (SSSR count). The summed E-state index contributed by atoms with van der Waals surface area (Å²) in [6.45, 7) is 0. The molecule has 6 nitrogen and oxygen atoms in total. The van der Waals surface area contributed by atoms with Crippen LogP contribution < -0.4 is 5.73 Å². The van der Waals surface area contributed by atoms with Crippen molar-refractivity contribution in [2.45, 2.75) is 0 Å². The molecule has 17 heavy (non-hydrogen) atoms. The van der Waals surface area contributed by atoms with Gasteiger partial charge in [-0.15, -0.1) is 0 Å². The van der Waals surface area contributed by atoms with Crippen LogP contribution in [-0.2, 0) is 7.05 Å². The van der Waals surface area contributed by atoms with E-state index in [2.05, 4.69) is 5.10 Å². The van der Waals surface area contributed by atoms with Gasteiger partial charge in [0.05, 0.1) is 10.6 Å². The van der Waals surface area contributed by atoms with Crippen molar-refractivity contribution in [2.24, 2.45) is 7.05 Å². The Morgan fingerprint density at radius 1 is 1.47 bits per heavy atom. The van der Waals surface area contributed by atoms with Crippen LogP contribution in [0.5, 0.6) is 0 Å². The van der Waals surface area contributed by atoms with Crippen molar-refractivity contribution in [3.8, 4) is 11.3 Å². The van der Waals surface area contributed by atoms with Crippen LogP contribution in [0.3, 0.4) is 0 Å². The number of nitrogen functional groups attached to an aromatic ring is 1. The highest BCUT2D eigenvalue weighted by molar-refractivity contribution is 5.65. The number of hydrogen-bond donors (Lipinski definition) is 1. The van der Waals surface area contributed by atoms with E-state index in [4.69, 9.17) is 5.73 Å². The molecular formula is C10H9FN4O2. The first-order valence-electron chi connectivity index (χ1n) is 4.73. The number of benzene rings is 1. The highest BCUT2D eigenvalue weighted by Crippen LogP contribution is 2.26. The van der Waals surface area contributed by atoms with Crippen molar-refractivity contribution in [1.82, 2.24) is 9.78 Å². The van der Waals surface area contributed by atoms with Crippen LogP contribution in [0.4, 0.5) is 15.9 Å². The zero-order valence-electron chi connectivity index (χ0n) is 8.92. The third-order valence-corrected chi connectivity index (χ3v) is 2.35. The molecule has 0 aliphatic carbocycles. The molecule has 0 fully saturated rings. The van der Waals surface area contributed by atoms with Crippen molar-refractivity contribution in [2.75, 3.05) is 5.73 Å². The Morgan fingerprint density at radius 3 is 2.71 bits per heavy atom. The number of nitro groups is 1. The summed E-state index contributed by atoms with van der Waals surface area (Å²) >= 11 is 0. The Bertz CT molecular complexity index is 574. The van der Waals surface area contributed by atoms with Crippen LogP contribution in [0.1, 0.15) is 0 Å². The summed E-state index contributed by atoms with van der Waals surface area (Å²) in [4.78, 5) is 9.82. The fourth-order valence-corrected chi connectivity index (χ4v) is 1.43. The van der Waals surface area contributed by atoms with Gasteiger partial charge in [-0.3, -0.25) is 14.8 Å². The van der Waals surface area contributed by atoms with Crippen molar-refractivity contribution >= 4 is 11.5 Å². The van der Waals surface area contributed by atoms with Gasteiger partial charge in [-0.05, 0) is 12.1 Å². The third kappa shape index (κ3) is 1.94. The van der Waals surface area contributed by atoms with Gasteiger partial charge in [-0.1, -0.05) is 0 Å². The van der Waals surface area contributed by atoms with E-state index in [1.54, 1.807) is 13.1 Å². The minimum atomic E-state index is -0.873. The standard InChI is InChI=1S/C10H9FN4O2/c1-14-10(12)5-8(13-14)6-2-3-7(11)9(4-6)15(16)17/h2-5H,12H2,1H3. The Balaban J connectivity index is 2.53. The zero-order chi connectivity index (χ0) is 12.6. The lowest BCUT2D eigenvalue weighted by Crippen LogP contribution is -1.96. The van der Waals surface area contributed by atoms with E-state index in [1.165, 1.54) is 10.7 Å². The number of nitrogens with two attached hydrogens (primary N) is 1. The molecule has 1 aromatic carbocycles. The Hall–Kier alpha value is -2.44. The maximum Gasteiger partial charge on any atom is 0.305 e. The lowest BCUT2D eigenvalue weighted by Gasteiger charge is -1.98. The Labute approximate surface area is 95.6 Å². The molecule has 0 unspecified atom stereocenters. The maximum atomic E-state index is 13.1. The number of nitro benzene ring substituents is 1. The SMILES string of the molecule is Cn1nc(-c2ccc(F)c([N+](=O)[O-])c2)cc1N. The highest BCUT2D eigenvalue weighted by atomic mass is 19.1. The van der Waals surface area contributed by atoms with Crippen LogP contribution >= 0.6 is 0 Å². The largest absolute Gasteiger partial charge is 0.384 e. The summed E-state index contributed by atoms with van der Waals surface area (Å²) in [6, 6.07) is 5.16. The zero-order valence-corrected chi connectivity index (χ0v) is 8.92. The summed E-state index contributed by atoms with van der Waals surface area (Å²) in [5, 5.41) is 14.6. The van der Waals surface area contributed by atoms with E-state index < -0.39 is 16.4 Å². The summed E-state index contributed by atoms with van der Waals surface area (Å²) in [5.74, 6) is -0.449. The summed E-state index contributed by atoms with van der Waals surface area (Å²) in [7, 11) is 1.65. The Kier molecular flexibility index (Phi) is 2.51. The van der Waals surface area contributed by atoms with E-state index >= 15 is 0 Å². The average Bonchev–Trinajstić information content (AvgIpc) is 2.59. The monoisotopic (exact) mass is 236 g/mol. The lowest BCUT2D eigenvalue weighted by atomic mass is 10.1. The number of halogens is 1. The summed E-state index contributed by atoms with van der Waals surface area (Å²) < 4.78 is 14.6. The van der Waals surface area contributed by atoms with Gasteiger partial charge < -0.3 is 5.73 Å². The van der Waals surface area contributed by atoms with Gasteiger partial charge in [0.25, 0.3) is 0 Å². The van der Waals surface area contributed by atoms with Crippen molar-refractivity contribution < 1.29 is 9.31 Å². The van der Waals surface area contributed by atoms with Gasteiger partial charge >= 0.3 is 5.69 Å².